The van der Waals surface area contributed by atoms with E-state index in [-0.39, 0.29) is 34.9 Å². The number of benzene rings is 1. The number of rotatable bonds is 7. The van der Waals surface area contributed by atoms with Gasteiger partial charge in [0.1, 0.15) is 0 Å². The van der Waals surface area contributed by atoms with Crippen LogP contribution < -0.4 is 16.0 Å². The molecule has 3 N–H and O–H groups in total. The molecule has 2 amide bonds. The number of hydrogen-bond acceptors (Lipinski definition) is 5. The first-order valence-corrected chi connectivity index (χ1v) is 13.5. The molecule has 1 saturated heterocycles. The first kappa shape index (κ1) is 26.4. The van der Waals surface area contributed by atoms with E-state index in [4.69, 9.17) is 50.8 Å². The Morgan fingerprint density at radius 3 is 2.57 bits per heavy atom. The zero-order valence-electron chi connectivity index (χ0n) is 19.9. The SMILES string of the molecule is Cn1ncc(Cl)c1-c1cc(C(=O)N[C@@H]2CN[C@H](CC(=O)NC3CC3)C[C@H]2c2ccc(Cl)c(Cl)c2)oc1Cl. The van der Waals surface area contributed by atoms with E-state index >= 15 is 0 Å². The van der Waals surface area contributed by atoms with Crippen LogP contribution >= 0.6 is 46.4 Å². The van der Waals surface area contributed by atoms with Crippen LogP contribution in [0.2, 0.25) is 20.3 Å². The van der Waals surface area contributed by atoms with Crippen molar-refractivity contribution in [2.24, 2.45) is 7.05 Å². The predicted octanol–water partition coefficient (Wildman–Crippen LogP) is 5.21. The largest absolute Gasteiger partial charge is 0.439 e. The third-order valence-electron chi connectivity index (χ3n) is 6.77. The highest BCUT2D eigenvalue weighted by atomic mass is 35.5. The molecule has 5 rings (SSSR count). The highest BCUT2D eigenvalue weighted by molar-refractivity contribution is 6.42. The summed E-state index contributed by atoms with van der Waals surface area (Å²) < 4.78 is 7.15. The molecular formula is C25H25Cl4N5O3. The van der Waals surface area contributed by atoms with Crippen LogP contribution in [0.1, 0.15) is 47.7 Å². The second-order valence-electron chi connectivity index (χ2n) is 9.51. The van der Waals surface area contributed by atoms with Crippen LogP contribution in [0.3, 0.4) is 0 Å². The number of carbonyl (C=O) groups is 2. The Labute approximate surface area is 234 Å². The molecule has 0 unspecified atom stereocenters. The molecule has 3 atom stereocenters. The highest BCUT2D eigenvalue weighted by Gasteiger charge is 2.35. The Balaban J connectivity index is 1.35. The highest BCUT2D eigenvalue weighted by Crippen LogP contribution is 2.36. The number of halogens is 4. The quantitative estimate of drug-likeness (QED) is 0.354. The Bertz CT molecular complexity index is 1320. The van der Waals surface area contributed by atoms with Crippen molar-refractivity contribution in [2.75, 3.05) is 6.54 Å². The summed E-state index contributed by atoms with van der Waals surface area (Å²) in [6.45, 7) is 0.451. The van der Waals surface area contributed by atoms with Gasteiger partial charge in [0.05, 0.1) is 32.5 Å². The number of carbonyl (C=O) groups excluding carboxylic acids is 2. The third kappa shape index (κ3) is 5.94. The Kier molecular flexibility index (Phi) is 7.75. The smallest absolute Gasteiger partial charge is 0.287 e. The van der Waals surface area contributed by atoms with Gasteiger partial charge in [-0.05, 0) is 48.6 Å². The average molecular weight is 585 g/mol. The van der Waals surface area contributed by atoms with Crippen molar-refractivity contribution in [3.8, 4) is 11.3 Å². The van der Waals surface area contributed by atoms with Gasteiger partial charge in [0.25, 0.3) is 5.91 Å². The van der Waals surface area contributed by atoms with Crippen molar-refractivity contribution in [1.29, 1.82) is 0 Å². The van der Waals surface area contributed by atoms with Crippen LogP contribution in [-0.2, 0) is 11.8 Å². The van der Waals surface area contributed by atoms with Crippen molar-refractivity contribution in [3.05, 3.63) is 62.1 Å². The summed E-state index contributed by atoms with van der Waals surface area (Å²) >= 11 is 25.0. The minimum Gasteiger partial charge on any atom is -0.439 e. The number of nitrogens with one attached hydrogen (secondary N) is 3. The maximum absolute atomic E-state index is 13.2. The summed E-state index contributed by atoms with van der Waals surface area (Å²) in [5, 5.41) is 14.9. The van der Waals surface area contributed by atoms with Crippen LogP contribution in [0.25, 0.3) is 11.3 Å². The molecule has 0 bridgehead atoms. The van der Waals surface area contributed by atoms with E-state index in [1.165, 1.54) is 6.20 Å². The molecule has 12 heteroatoms. The van der Waals surface area contributed by atoms with Gasteiger partial charge in [-0.1, -0.05) is 40.9 Å². The summed E-state index contributed by atoms with van der Waals surface area (Å²) in [5.74, 6) is -0.457. The standard InChI is InChI=1S/C25H25Cl4N5O3/c1-34-23(19(28)10-31-34)16-9-21(37-24(16)29)25(36)33-20-11-30-14(8-22(35)32-13-3-4-13)7-15(20)12-2-5-17(26)18(27)6-12/h2,5-6,9-10,13-15,20,30H,3-4,7-8,11H2,1H3,(H,32,35)(H,33,36)/t14-,15-,20+/m0/s1. The zero-order chi connectivity index (χ0) is 26.3. The lowest BCUT2D eigenvalue weighted by atomic mass is 9.81. The number of furan rings is 1. The molecule has 2 aromatic heterocycles. The van der Waals surface area contributed by atoms with E-state index in [1.807, 2.05) is 12.1 Å². The number of aryl methyl sites for hydroxylation is 1. The number of piperidine rings is 1. The molecule has 1 aliphatic heterocycles. The van der Waals surface area contributed by atoms with E-state index < -0.39 is 5.91 Å². The fourth-order valence-electron chi connectivity index (χ4n) is 4.74. The van der Waals surface area contributed by atoms with Gasteiger partial charge in [-0.15, -0.1) is 0 Å². The molecule has 196 valence electrons. The minimum atomic E-state index is -0.423. The first-order chi connectivity index (χ1) is 17.7. The van der Waals surface area contributed by atoms with Gasteiger partial charge in [0, 0.05) is 50.1 Å². The lowest BCUT2D eigenvalue weighted by Crippen LogP contribution is -2.54. The topological polar surface area (TPSA) is 101 Å². The lowest BCUT2D eigenvalue weighted by molar-refractivity contribution is -0.121. The summed E-state index contributed by atoms with van der Waals surface area (Å²) in [6.07, 6.45) is 4.55. The molecule has 37 heavy (non-hydrogen) atoms. The van der Waals surface area contributed by atoms with Gasteiger partial charge in [-0.2, -0.15) is 5.10 Å². The van der Waals surface area contributed by atoms with Crippen LogP contribution in [0.4, 0.5) is 0 Å². The van der Waals surface area contributed by atoms with Gasteiger partial charge < -0.3 is 20.4 Å². The number of nitrogens with zero attached hydrogens (tertiary/aromatic N) is 2. The summed E-state index contributed by atoms with van der Waals surface area (Å²) in [4.78, 5) is 25.7. The maximum Gasteiger partial charge on any atom is 0.287 e. The second kappa shape index (κ2) is 10.9. The molecule has 1 aliphatic carbocycles. The van der Waals surface area contributed by atoms with Gasteiger partial charge in [-0.25, -0.2) is 0 Å². The Morgan fingerprint density at radius 2 is 1.89 bits per heavy atom. The van der Waals surface area contributed by atoms with Crippen LogP contribution in [-0.4, -0.2) is 46.3 Å². The molecule has 2 aliphatic rings. The molecule has 1 saturated carbocycles. The Hall–Kier alpha value is -2.23. The van der Waals surface area contributed by atoms with Gasteiger partial charge in [0.2, 0.25) is 11.1 Å². The molecule has 8 nitrogen and oxygen atoms in total. The first-order valence-electron chi connectivity index (χ1n) is 12.0. The molecule has 1 aromatic carbocycles. The van der Waals surface area contributed by atoms with Crippen molar-refractivity contribution in [2.45, 2.75) is 49.7 Å². The summed E-state index contributed by atoms with van der Waals surface area (Å²) in [7, 11) is 1.72. The Morgan fingerprint density at radius 1 is 1.11 bits per heavy atom. The number of amides is 2. The van der Waals surface area contributed by atoms with Crippen LogP contribution in [0.15, 0.2) is 34.9 Å². The van der Waals surface area contributed by atoms with Crippen molar-refractivity contribution in [3.63, 3.8) is 0 Å². The van der Waals surface area contributed by atoms with Gasteiger partial charge in [0.15, 0.2) is 5.76 Å². The second-order valence-corrected chi connectivity index (χ2v) is 11.1. The molecule has 3 aromatic rings. The predicted molar refractivity (Wildman–Crippen MR) is 144 cm³/mol. The fourth-order valence-corrected chi connectivity index (χ4v) is 5.54. The van der Waals surface area contributed by atoms with Gasteiger partial charge in [-0.3, -0.25) is 14.3 Å². The fraction of sp³-hybridized carbons (Fsp3) is 0.400. The van der Waals surface area contributed by atoms with E-state index in [1.54, 1.807) is 23.9 Å². The molecule has 0 radical (unpaired) electrons. The minimum absolute atomic E-state index is 0.0296. The molecule has 0 spiro atoms. The monoisotopic (exact) mass is 583 g/mol. The molecule has 3 heterocycles. The van der Waals surface area contributed by atoms with E-state index in [0.717, 1.165) is 18.4 Å². The lowest BCUT2D eigenvalue weighted by Gasteiger charge is -2.37. The summed E-state index contributed by atoms with van der Waals surface area (Å²) in [5.41, 5.74) is 1.95. The van der Waals surface area contributed by atoms with E-state index in [2.05, 4.69) is 21.0 Å². The van der Waals surface area contributed by atoms with Crippen LogP contribution in [0.5, 0.6) is 0 Å². The van der Waals surface area contributed by atoms with Crippen LogP contribution in [0, 0.1) is 0 Å². The van der Waals surface area contributed by atoms with Crippen molar-refractivity contribution >= 4 is 58.2 Å². The van der Waals surface area contributed by atoms with Crippen molar-refractivity contribution < 1.29 is 14.0 Å². The number of aromatic nitrogens is 2. The summed E-state index contributed by atoms with van der Waals surface area (Å²) in [6, 6.07) is 6.95. The van der Waals surface area contributed by atoms with E-state index in [0.29, 0.717) is 51.8 Å². The molecule has 2 fully saturated rings. The normalized spacial score (nSPS) is 21.6. The third-order valence-corrected chi connectivity index (χ3v) is 8.07. The zero-order valence-corrected chi connectivity index (χ0v) is 22.9. The maximum atomic E-state index is 13.2. The van der Waals surface area contributed by atoms with Gasteiger partial charge >= 0.3 is 0 Å². The van der Waals surface area contributed by atoms with Crippen molar-refractivity contribution in [1.82, 2.24) is 25.7 Å². The van der Waals surface area contributed by atoms with E-state index in [9.17, 15) is 9.59 Å². The molecular weight excluding hydrogens is 560 g/mol. The average Bonchev–Trinajstić information content (AvgIpc) is 3.50. The number of hydrogen-bond donors (Lipinski definition) is 3.